The van der Waals surface area contributed by atoms with Gasteiger partial charge < -0.3 is 19.2 Å². The van der Waals surface area contributed by atoms with E-state index in [1.807, 2.05) is 30.3 Å². The number of nitrogens with zero attached hydrogens (tertiary/aromatic N) is 2. The average molecular weight is 357 g/mol. The molecule has 0 saturated carbocycles. The largest absolute Gasteiger partial charge is 0.472 e. The lowest BCUT2D eigenvalue weighted by atomic mass is 10.00. The van der Waals surface area contributed by atoms with Crippen LogP contribution in [-0.4, -0.2) is 54.4 Å². The van der Waals surface area contributed by atoms with Crippen LogP contribution in [0, 0.1) is 0 Å². The Labute approximate surface area is 154 Å². The van der Waals surface area contributed by atoms with Gasteiger partial charge in [0.15, 0.2) is 0 Å². The van der Waals surface area contributed by atoms with Crippen molar-refractivity contribution in [3.05, 3.63) is 48.6 Å². The van der Waals surface area contributed by atoms with Gasteiger partial charge in [-0.05, 0) is 31.0 Å². The highest BCUT2D eigenvalue weighted by atomic mass is 16.5. The Bertz CT molecular complexity index is 642. The standard InChI is InChI=1S/C20H27N3O3/c1-2-9-21-20(5-1)26-19-8-13-24-15-18(19)22-16-6-10-23(11-7-16)14-17-4-3-12-25-17/h1-5,9,12,16,18-19,22H,6-8,10-11,13-15H2/t18-,19-/m1/s1. The SMILES string of the molecule is c1ccc(O[C@@H]2CCOC[C@H]2NC2CCN(Cc3ccco3)CC2)nc1. The van der Waals surface area contributed by atoms with E-state index in [0.717, 1.165) is 51.3 Å². The molecule has 6 heteroatoms. The van der Waals surface area contributed by atoms with E-state index in [1.165, 1.54) is 0 Å². The van der Waals surface area contributed by atoms with Gasteiger partial charge in [-0.2, -0.15) is 0 Å². The van der Waals surface area contributed by atoms with E-state index in [-0.39, 0.29) is 12.1 Å². The lowest BCUT2D eigenvalue weighted by Crippen LogP contribution is -2.55. The number of aromatic nitrogens is 1. The van der Waals surface area contributed by atoms with Crippen LogP contribution in [0.2, 0.25) is 0 Å². The lowest BCUT2D eigenvalue weighted by Gasteiger charge is -2.38. The number of hydrogen-bond donors (Lipinski definition) is 1. The Morgan fingerprint density at radius 2 is 2.08 bits per heavy atom. The summed E-state index contributed by atoms with van der Waals surface area (Å²) in [6.45, 7) is 4.51. The summed E-state index contributed by atoms with van der Waals surface area (Å²) in [6, 6.07) is 10.5. The molecule has 2 fully saturated rings. The van der Waals surface area contributed by atoms with E-state index in [4.69, 9.17) is 13.9 Å². The number of piperidine rings is 1. The van der Waals surface area contributed by atoms with Crippen LogP contribution in [0.5, 0.6) is 5.88 Å². The highest BCUT2D eigenvalue weighted by Crippen LogP contribution is 2.19. The van der Waals surface area contributed by atoms with Gasteiger partial charge in [0.05, 0.1) is 32.1 Å². The fourth-order valence-corrected chi connectivity index (χ4v) is 3.77. The normalized spacial score (nSPS) is 25.2. The number of rotatable bonds is 6. The van der Waals surface area contributed by atoms with Gasteiger partial charge in [0, 0.05) is 37.8 Å². The molecule has 140 valence electrons. The molecule has 0 bridgehead atoms. The van der Waals surface area contributed by atoms with Crippen molar-refractivity contribution in [2.75, 3.05) is 26.3 Å². The minimum absolute atomic E-state index is 0.111. The van der Waals surface area contributed by atoms with Crippen molar-refractivity contribution in [3.63, 3.8) is 0 Å². The third-order valence-corrected chi connectivity index (χ3v) is 5.20. The Hall–Kier alpha value is -1.89. The van der Waals surface area contributed by atoms with Crippen LogP contribution in [0.25, 0.3) is 0 Å². The summed E-state index contributed by atoms with van der Waals surface area (Å²) >= 11 is 0. The van der Waals surface area contributed by atoms with Crippen LogP contribution in [0.1, 0.15) is 25.0 Å². The monoisotopic (exact) mass is 357 g/mol. The van der Waals surface area contributed by atoms with Crippen molar-refractivity contribution in [3.8, 4) is 5.88 Å². The van der Waals surface area contributed by atoms with Gasteiger partial charge in [0.25, 0.3) is 0 Å². The van der Waals surface area contributed by atoms with Gasteiger partial charge in [0.2, 0.25) is 5.88 Å². The maximum Gasteiger partial charge on any atom is 0.213 e. The van der Waals surface area contributed by atoms with Crippen LogP contribution in [0.4, 0.5) is 0 Å². The molecule has 2 aromatic rings. The average Bonchev–Trinajstić information content (AvgIpc) is 3.19. The Morgan fingerprint density at radius 1 is 1.15 bits per heavy atom. The molecule has 4 rings (SSSR count). The molecule has 0 aliphatic carbocycles. The summed E-state index contributed by atoms with van der Waals surface area (Å²) in [5.74, 6) is 1.74. The first kappa shape index (κ1) is 17.5. The number of nitrogens with one attached hydrogen (secondary N) is 1. The zero-order valence-corrected chi connectivity index (χ0v) is 15.0. The smallest absolute Gasteiger partial charge is 0.213 e. The van der Waals surface area contributed by atoms with Crippen LogP contribution < -0.4 is 10.1 Å². The first-order chi connectivity index (χ1) is 12.9. The number of hydrogen-bond acceptors (Lipinski definition) is 6. The van der Waals surface area contributed by atoms with Gasteiger partial charge in [0.1, 0.15) is 11.9 Å². The predicted molar refractivity (Wildman–Crippen MR) is 98.0 cm³/mol. The van der Waals surface area contributed by atoms with Crippen molar-refractivity contribution >= 4 is 0 Å². The van der Waals surface area contributed by atoms with E-state index in [0.29, 0.717) is 18.5 Å². The fraction of sp³-hybridized carbons (Fsp3) is 0.550. The molecule has 2 aliphatic heterocycles. The number of pyridine rings is 1. The predicted octanol–water partition coefficient (Wildman–Crippen LogP) is 2.47. The Kier molecular flexibility index (Phi) is 5.84. The molecular weight excluding hydrogens is 330 g/mol. The molecule has 0 radical (unpaired) electrons. The molecule has 2 aromatic heterocycles. The number of likely N-dealkylation sites (tertiary alicyclic amines) is 1. The summed E-state index contributed by atoms with van der Waals surface area (Å²) in [6.07, 6.45) is 6.78. The van der Waals surface area contributed by atoms with Gasteiger partial charge in [-0.3, -0.25) is 4.90 Å². The van der Waals surface area contributed by atoms with E-state index < -0.39 is 0 Å². The minimum Gasteiger partial charge on any atom is -0.472 e. The fourth-order valence-electron chi connectivity index (χ4n) is 3.77. The first-order valence-corrected chi connectivity index (χ1v) is 9.53. The zero-order valence-electron chi connectivity index (χ0n) is 15.0. The quantitative estimate of drug-likeness (QED) is 0.857. The van der Waals surface area contributed by atoms with E-state index in [9.17, 15) is 0 Å². The van der Waals surface area contributed by atoms with Crippen molar-refractivity contribution in [2.45, 2.75) is 44.0 Å². The third kappa shape index (κ3) is 4.63. The highest BCUT2D eigenvalue weighted by molar-refractivity contribution is 5.10. The van der Waals surface area contributed by atoms with Gasteiger partial charge in [-0.1, -0.05) is 6.07 Å². The van der Waals surface area contributed by atoms with Gasteiger partial charge in [-0.15, -0.1) is 0 Å². The van der Waals surface area contributed by atoms with Gasteiger partial charge >= 0.3 is 0 Å². The molecule has 4 heterocycles. The van der Waals surface area contributed by atoms with Crippen LogP contribution in [-0.2, 0) is 11.3 Å². The summed E-state index contributed by atoms with van der Waals surface area (Å²) in [5, 5.41) is 3.78. The van der Waals surface area contributed by atoms with Gasteiger partial charge in [-0.25, -0.2) is 4.98 Å². The van der Waals surface area contributed by atoms with Crippen molar-refractivity contribution < 1.29 is 13.9 Å². The van der Waals surface area contributed by atoms with Crippen molar-refractivity contribution in [2.24, 2.45) is 0 Å². The molecular formula is C20H27N3O3. The minimum atomic E-state index is 0.111. The van der Waals surface area contributed by atoms with Crippen LogP contribution in [0.15, 0.2) is 47.2 Å². The highest BCUT2D eigenvalue weighted by Gasteiger charge is 2.31. The zero-order chi connectivity index (χ0) is 17.6. The van der Waals surface area contributed by atoms with E-state index in [1.54, 1.807) is 12.5 Å². The molecule has 0 aromatic carbocycles. The second kappa shape index (κ2) is 8.66. The molecule has 2 saturated heterocycles. The topological polar surface area (TPSA) is 59.8 Å². The van der Waals surface area contributed by atoms with E-state index >= 15 is 0 Å². The molecule has 0 amide bonds. The summed E-state index contributed by atoms with van der Waals surface area (Å²) in [5.41, 5.74) is 0. The summed E-state index contributed by atoms with van der Waals surface area (Å²) in [4.78, 5) is 6.75. The second-order valence-electron chi connectivity index (χ2n) is 7.09. The number of furan rings is 1. The molecule has 6 nitrogen and oxygen atoms in total. The number of ether oxygens (including phenoxy) is 2. The second-order valence-corrected chi connectivity index (χ2v) is 7.09. The molecule has 2 atom stereocenters. The third-order valence-electron chi connectivity index (χ3n) is 5.20. The molecule has 0 unspecified atom stereocenters. The first-order valence-electron chi connectivity index (χ1n) is 9.53. The summed E-state index contributed by atoms with van der Waals surface area (Å²) in [7, 11) is 0. The maximum atomic E-state index is 6.12. The molecule has 26 heavy (non-hydrogen) atoms. The van der Waals surface area contributed by atoms with Crippen molar-refractivity contribution in [1.82, 2.24) is 15.2 Å². The van der Waals surface area contributed by atoms with Crippen molar-refractivity contribution in [1.29, 1.82) is 0 Å². The molecule has 0 spiro atoms. The Morgan fingerprint density at radius 3 is 2.85 bits per heavy atom. The summed E-state index contributed by atoms with van der Waals surface area (Å²) < 4.78 is 17.3. The molecule has 2 aliphatic rings. The van der Waals surface area contributed by atoms with Crippen LogP contribution in [0.3, 0.4) is 0 Å². The van der Waals surface area contributed by atoms with E-state index in [2.05, 4.69) is 15.2 Å². The lowest BCUT2D eigenvalue weighted by molar-refractivity contribution is -0.0121. The Balaban J connectivity index is 1.27. The van der Waals surface area contributed by atoms with Crippen LogP contribution >= 0.6 is 0 Å². The maximum absolute atomic E-state index is 6.12. The molecule has 1 N–H and O–H groups in total.